The molecule has 1 aromatic carbocycles. The van der Waals surface area contributed by atoms with Crippen LogP contribution in [-0.4, -0.2) is 23.4 Å². The predicted molar refractivity (Wildman–Crippen MR) is 69.9 cm³/mol. The molecule has 1 fully saturated rings. The number of nitrogen functional groups attached to an aromatic ring is 1. The van der Waals surface area contributed by atoms with Crippen LogP contribution in [0.1, 0.15) is 42.1 Å². The first-order valence-corrected chi connectivity index (χ1v) is 6.41. The highest BCUT2D eigenvalue weighted by molar-refractivity contribution is 5.95. The van der Waals surface area contributed by atoms with Gasteiger partial charge in [-0.25, -0.2) is 4.39 Å². The number of amides is 1. The Bertz CT molecular complexity index is 450. The summed E-state index contributed by atoms with van der Waals surface area (Å²) in [5.74, 6) is -0.518. The molecule has 1 aliphatic heterocycles. The molecule has 1 aliphatic rings. The van der Waals surface area contributed by atoms with E-state index in [4.69, 9.17) is 5.73 Å². The van der Waals surface area contributed by atoms with Gasteiger partial charge in [-0.05, 0) is 38.3 Å². The molecule has 2 rings (SSSR count). The van der Waals surface area contributed by atoms with Crippen LogP contribution in [0.2, 0.25) is 0 Å². The first-order valence-electron chi connectivity index (χ1n) is 6.41. The summed E-state index contributed by atoms with van der Waals surface area (Å²) in [6, 6.07) is 3.15. The number of rotatable bonds is 2. The second kappa shape index (κ2) is 4.96. The second-order valence-electron chi connectivity index (χ2n) is 4.88. The van der Waals surface area contributed by atoms with Gasteiger partial charge in [-0.2, -0.15) is 0 Å². The summed E-state index contributed by atoms with van der Waals surface area (Å²) >= 11 is 0. The monoisotopic (exact) mass is 250 g/mol. The third-order valence-corrected chi connectivity index (χ3v) is 3.74. The number of nitrogens with two attached hydrogens (primary N) is 1. The van der Waals surface area contributed by atoms with Gasteiger partial charge in [-0.1, -0.05) is 6.92 Å². The van der Waals surface area contributed by atoms with Crippen molar-refractivity contribution in [2.45, 2.75) is 39.2 Å². The number of halogens is 1. The maximum atomic E-state index is 13.6. The van der Waals surface area contributed by atoms with Crippen LogP contribution >= 0.6 is 0 Å². The molecule has 18 heavy (non-hydrogen) atoms. The summed E-state index contributed by atoms with van der Waals surface area (Å²) < 4.78 is 13.6. The SMILES string of the molecule is CCC1CCCN1C(=O)c1cc(N)c(C)c(F)c1. The number of hydrogen-bond donors (Lipinski definition) is 1. The second-order valence-corrected chi connectivity index (χ2v) is 4.88. The zero-order valence-corrected chi connectivity index (χ0v) is 10.9. The highest BCUT2D eigenvalue weighted by Gasteiger charge is 2.28. The molecule has 1 saturated heterocycles. The predicted octanol–water partition coefficient (Wildman–Crippen LogP) is 2.73. The van der Waals surface area contributed by atoms with E-state index in [0.717, 1.165) is 25.8 Å². The summed E-state index contributed by atoms with van der Waals surface area (Å²) in [4.78, 5) is 14.2. The Kier molecular flexibility index (Phi) is 3.55. The Labute approximate surface area is 107 Å². The Hall–Kier alpha value is -1.58. The summed E-state index contributed by atoms with van der Waals surface area (Å²) in [5.41, 5.74) is 6.81. The fraction of sp³-hybridized carbons (Fsp3) is 0.500. The van der Waals surface area contributed by atoms with Crippen LogP contribution in [0.4, 0.5) is 10.1 Å². The van der Waals surface area contributed by atoms with Gasteiger partial charge in [0.05, 0.1) is 0 Å². The fourth-order valence-electron chi connectivity index (χ4n) is 2.52. The van der Waals surface area contributed by atoms with E-state index in [1.165, 1.54) is 6.07 Å². The Morgan fingerprint density at radius 2 is 2.28 bits per heavy atom. The zero-order chi connectivity index (χ0) is 13.3. The molecular formula is C14H19FN2O. The van der Waals surface area contributed by atoms with Gasteiger partial charge in [0.1, 0.15) is 5.82 Å². The number of carbonyl (C=O) groups excluding carboxylic acids is 1. The minimum Gasteiger partial charge on any atom is -0.398 e. The molecule has 2 N–H and O–H groups in total. The lowest BCUT2D eigenvalue weighted by Crippen LogP contribution is -2.35. The Balaban J connectivity index is 2.29. The largest absolute Gasteiger partial charge is 0.398 e. The Morgan fingerprint density at radius 1 is 1.56 bits per heavy atom. The molecule has 0 aliphatic carbocycles. The van der Waals surface area contributed by atoms with E-state index in [1.807, 2.05) is 4.90 Å². The molecule has 4 heteroatoms. The molecule has 0 bridgehead atoms. The van der Waals surface area contributed by atoms with Crippen LogP contribution in [-0.2, 0) is 0 Å². The molecule has 1 atom stereocenters. The quantitative estimate of drug-likeness (QED) is 0.820. The molecule has 1 unspecified atom stereocenters. The lowest BCUT2D eigenvalue weighted by Gasteiger charge is -2.24. The van der Waals surface area contributed by atoms with Gasteiger partial charge in [-0.3, -0.25) is 4.79 Å². The first-order chi connectivity index (χ1) is 8.54. The van der Waals surface area contributed by atoms with E-state index in [9.17, 15) is 9.18 Å². The van der Waals surface area contributed by atoms with Crippen LogP contribution in [0.5, 0.6) is 0 Å². The van der Waals surface area contributed by atoms with Crippen molar-refractivity contribution in [1.82, 2.24) is 4.90 Å². The zero-order valence-electron chi connectivity index (χ0n) is 10.9. The maximum Gasteiger partial charge on any atom is 0.254 e. The van der Waals surface area contributed by atoms with E-state index in [0.29, 0.717) is 16.8 Å². The number of likely N-dealkylation sites (tertiary alicyclic amines) is 1. The minimum absolute atomic E-state index is 0.107. The molecule has 1 amide bonds. The lowest BCUT2D eigenvalue weighted by atomic mass is 10.1. The third-order valence-electron chi connectivity index (χ3n) is 3.74. The summed E-state index contributed by atoms with van der Waals surface area (Å²) in [6.45, 7) is 4.44. The smallest absolute Gasteiger partial charge is 0.254 e. The van der Waals surface area contributed by atoms with Crippen molar-refractivity contribution in [3.05, 3.63) is 29.1 Å². The average Bonchev–Trinajstić information content (AvgIpc) is 2.82. The van der Waals surface area contributed by atoms with Crippen molar-refractivity contribution in [3.63, 3.8) is 0 Å². The fourth-order valence-corrected chi connectivity index (χ4v) is 2.52. The molecule has 0 radical (unpaired) electrons. The van der Waals surface area contributed by atoms with E-state index < -0.39 is 5.82 Å². The highest BCUT2D eigenvalue weighted by Crippen LogP contribution is 2.24. The number of benzene rings is 1. The van der Waals surface area contributed by atoms with Crippen molar-refractivity contribution in [2.24, 2.45) is 0 Å². The van der Waals surface area contributed by atoms with Crippen LogP contribution in [0.3, 0.4) is 0 Å². The van der Waals surface area contributed by atoms with Crippen molar-refractivity contribution in [2.75, 3.05) is 12.3 Å². The normalized spacial score (nSPS) is 19.3. The van der Waals surface area contributed by atoms with E-state index in [2.05, 4.69) is 6.92 Å². The van der Waals surface area contributed by atoms with Crippen molar-refractivity contribution in [3.8, 4) is 0 Å². The van der Waals surface area contributed by atoms with Gasteiger partial charge in [-0.15, -0.1) is 0 Å². The van der Waals surface area contributed by atoms with E-state index in [-0.39, 0.29) is 11.9 Å². The number of hydrogen-bond acceptors (Lipinski definition) is 2. The topological polar surface area (TPSA) is 46.3 Å². The molecule has 1 aromatic rings. The van der Waals surface area contributed by atoms with Gasteiger partial charge in [0.25, 0.3) is 5.91 Å². The van der Waals surface area contributed by atoms with Gasteiger partial charge in [0.15, 0.2) is 0 Å². The maximum absolute atomic E-state index is 13.6. The van der Waals surface area contributed by atoms with E-state index in [1.54, 1.807) is 13.0 Å². The van der Waals surface area contributed by atoms with Crippen LogP contribution in [0.25, 0.3) is 0 Å². The number of anilines is 1. The first kappa shape index (κ1) is 12.9. The van der Waals surface area contributed by atoms with Crippen molar-refractivity contribution in [1.29, 1.82) is 0 Å². The lowest BCUT2D eigenvalue weighted by molar-refractivity contribution is 0.0733. The minimum atomic E-state index is -0.411. The van der Waals surface area contributed by atoms with Gasteiger partial charge < -0.3 is 10.6 Å². The van der Waals surface area contributed by atoms with E-state index >= 15 is 0 Å². The molecule has 0 aromatic heterocycles. The summed E-state index contributed by atoms with van der Waals surface area (Å²) in [5, 5.41) is 0. The van der Waals surface area contributed by atoms with Crippen LogP contribution in [0.15, 0.2) is 12.1 Å². The molecule has 98 valence electrons. The molecule has 1 heterocycles. The summed E-state index contributed by atoms with van der Waals surface area (Å²) in [6.07, 6.45) is 3.00. The van der Waals surface area contributed by atoms with Crippen molar-refractivity contribution >= 4 is 11.6 Å². The van der Waals surface area contributed by atoms with Gasteiger partial charge in [0.2, 0.25) is 0 Å². The average molecular weight is 250 g/mol. The van der Waals surface area contributed by atoms with Crippen LogP contribution in [0, 0.1) is 12.7 Å². The molecule has 0 spiro atoms. The van der Waals surface area contributed by atoms with Crippen molar-refractivity contribution < 1.29 is 9.18 Å². The number of nitrogens with zero attached hydrogens (tertiary/aromatic N) is 1. The summed E-state index contributed by atoms with van der Waals surface area (Å²) in [7, 11) is 0. The van der Waals surface area contributed by atoms with Gasteiger partial charge in [0, 0.05) is 29.4 Å². The Morgan fingerprint density at radius 3 is 2.89 bits per heavy atom. The third kappa shape index (κ3) is 2.19. The molecule has 0 saturated carbocycles. The highest BCUT2D eigenvalue weighted by atomic mass is 19.1. The van der Waals surface area contributed by atoms with Gasteiger partial charge >= 0.3 is 0 Å². The standard InChI is InChI=1S/C14H19FN2O/c1-3-11-5-4-6-17(11)14(18)10-7-12(15)9(2)13(16)8-10/h7-8,11H,3-6,16H2,1-2H3. The van der Waals surface area contributed by atoms with Crippen LogP contribution < -0.4 is 5.73 Å². The number of carbonyl (C=O) groups is 1. The molecular weight excluding hydrogens is 231 g/mol. The molecule has 3 nitrogen and oxygen atoms in total.